The van der Waals surface area contributed by atoms with E-state index in [4.69, 9.17) is 27.9 Å². The van der Waals surface area contributed by atoms with Crippen molar-refractivity contribution in [3.05, 3.63) is 76.3 Å². The minimum absolute atomic E-state index is 0.0459. The minimum atomic E-state index is -3.95. The fourth-order valence-corrected chi connectivity index (χ4v) is 5.65. The van der Waals surface area contributed by atoms with E-state index in [9.17, 15) is 21.6 Å². The minimum Gasteiger partial charge on any atom is -0.495 e. The third-order valence-corrected chi connectivity index (χ3v) is 7.83. The second kappa shape index (κ2) is 11.0. The Morgan fingerprint density at radius 3 is 2.11 bits per heavy atom. The van der Waals surface area contributed by atoms with Crippen LogP contribution in [0.4, 0.5) is 17.1 Å². The van der Waals surface area contributed by atoms with Crippen LogP contribution in [0, 0.1) is 6.92 Å². The van der Waals surface area contributed by atoms with Crippen molar-refractivity contribution in [2.24, 2.45) is 0 Å². The molecule has 0 aliphatic rings. The van der Waals surface area contributed by atoms with Crippen LogP contribution in [0.1, 0.15) is 5.56 Å². The molecule has 9 nitrogen and oxygen atoms in total. The third kappa shape index (κ3) is 7.03. The van der Waals surface area contributed by atoms with E-state index in [0.717, 1.165) is 16.1 Å². The van der Waals surface area contributed by atoms with Crippen LogP contribution >= 0.6 is 23.2 Å². The van der Waals surface area contributed by atoms with Crippen LogP contribution in [0.15, 0.2) is 65.6 Å². The number of anilines is 3. The van der Waals surface area contributed by atoms with E-state index in [2.05, 4.69) is 10.0 Å². The quantitative estimate of drug-likeness (QED) is 0.389. The Morgan fingerprint density at radius 1 is 0.944 bits per heavy atom. The molecule has 3 rings (SSSR count). The van der Waals surface area contributed by atoms with Gasteiger partial charge in [-0.15, -0.1) is 0 Å². The predicted octanol–water partition coefficient (Wildman–Crippen LogP) is 4.52. The first-order chi connectivity index (χ1) is 16.8. The number of nitrogens with zero attached hydrogens (tertiary/aromatic N) is 1. The molecule has 13 heteroatoms. The van der Waals surface area contributed by atoms with Crippen LogP contribution in [0.2, 0.25) is 10.0 Å². The average molecular weight is 572 g/mol. The first kappa shape index (κ1) is 27.6. The summed E-state index contributed by atoms with van der Waals surface area (Å²) >= 11 is 11.9. The summed E-state index contributed by atoms with van der Waals surface area (Å²) < 4.78 is 58.8. The number of sulfonamides is 2. The summed E-state index contributed by atoms with van der Waals surface area (Å²) in [4.78, 5) is 12.6. The van der Waals surface area contributed by atoms with Gasteiger partial charge in [0.15, 0.2) is 0 Å². The van der Waals surface area contributed by atoms with Crippen LogP contribution in [0.3, 0.4) is 0 Å². The molecule has 192 valence electrons. The molecule has 3 aromatic rings. The number of hydrogen-bond donors (Lipinski definition) is 2. The van der Waals surface area contributed by atoms with Gasteiger partial charge in [-0.3, -0.25) is 13.8 Å². The standard InChI is InChI=1S/C23H23Cl2N3O6S2/c1-15-4-9-22(34-2)21(10-15)27-36(32,33)20-7-5-18(6-8-20)26-23(29)14-28(35(3,30)31)19-12-16(24)11-17(25)13-19/h4-13,27H,14H2,1-3H3,(H,26,29). The summed E-state index contributed by atoms with van der Waals surface area (Å²) in [5.41, 5.74) is 1.53. The molecule has 0 radical (unpaired) electrons. The second-order valence-electron chi connectivity index (χ2n) is 7.78. The highest BCUT2D eigenvalue weighted by molar-refractivity contribution is 7.92. The number of ether oxygens (including phenoxy) is 1. The first-order valence-corrected chi connectivity index (χ1v) is 14.4. The van der Waals surface area contributed by atoms with Crippen molar-refractivity contribution in [1.82, 2.24) is 0 Å². The lowest BCUT2D eigenvalue weighted by atomic mass is 10.2. The van der Waals surface area contributed by atoms with Gasteiger partial charge in [0.25, 0.3) is 10.0 Å². The summed E-state index contributed by atoms with van der Waals surface area (Å²) in [7, 11) is -6.36. The van der Waals surface area contributed by atoms with Gasteiger partial charge in [0.05, 0.1) is 29.6 Å². The van der Waals surface area contributed by atoms with Crippen molar-refractivity contribution >= 4 is 66.2 Å². The van der Waals surface area contributed by atoms with Crippen LogP contribution in [0.5, 0.6) is 5.75 Å². The van der Waals surface area contributed by atoms with E-state index < -0.39 is 32.5 Å². The Hall–Kier alpha value is -2.99. The SMILES string of the molecule is COc1ccc(C)cc1NS(=O)(=O)c1ccc(NC(=O)CN(c2cc(Cl)cc(Cl)c2)S(C)(=O)=O)cc1. The van der Waals surface area contributed by atoms with Crippen LogP contribution in [0.25, 0.3) is 0 Å². The van der Waals surface area contributed by atoms with Gasteiger partial charge >= 0.3 is 0 Å². The molecule has 0 aliphatic heterocycles. The number of hydrogen-bond acceptors (Lipinski definition) is 6. The Morgan fingerprint density at radius 2 is 1.56 bits per heavy atom. The molecular formula is C23H23Cl2N3O6S2. The average Bonchev–Trinajstić information content (AvgIpc) is 2.76. The van der Waals surface area contributed by atoms with E-state index in [0.29, 0.717) is 5.75 Å². The number of aryl methyl sites for hydroxylation is 1. The molecule has 0 aromatic heterocycles. The smallest absolute Gasteiger partial charge is 0.262 e. The summed E-state index contributed by atoms with van der Waals surface area (Å²) in [6, 6.07) is 14.7. The molecular weight excluding hydrogens is 549 g/mol. The fraction of sp³-hybridized carbons (Fsp3) is 0.174. The van der Waals surface area contributed by atoms with Crippen molar-refractivity contribution in [2.75, 3.05) is 34.3 Å². The van der Waals surface area contributed by atoms with Gasteiger partial charge in [-0.05, 0) is 67.1 Å². The molecule has 0 atom stereocenters. The van der Waals surface area contributed by atoms with E-state index in [1.54, 1.807) is 18.2 Å². The van der Waals surface area contributed by atoms with Crippen molar-refractivity contribution in [2.45, 2.75) is 11.8 Å². The zero-order valence-electron chi connectivity index (χ0n) is 19.4. The molecule has 0 saturated carbocycles. The summed E-state index contributed by atoms with van der Waals surface area (Å²) in [6.07, 6.45) is 0.949. The van der Waals surface area contributed by atoms with Gasteiger partial charge < -0.3 is 10.1 Å². The topological polar surface area (TPSA) is 122 Å². The van der Waals surface area contributed by atoms with E-state index in [1.807, 2.05) is 6.92 Å². The number of carbonyl (C=O) groups excluding carboxylic acids is 1. The van der Waals surface area contributed by atoms with Crippen LogP contribution in [-0.2, 0) is 24.8 Å². The number of carbonyl (C=O) groups is 1. The molecule has 0 unspecified atom stereocenters. The lowest BCUT2D eigenvalue weighted by Crippen LogP contribution is -2.37. The van der Waals surface area contributed by atoms with E-state index in [1.165, 1.54) is 49.6 Å². The highest BCUT2D eigenvalue weighted by atomic mass is 35.5. The third-order valence-electron chi connectivity index (χ3n) is 4.87. The summed E-state index contributed by atoms with van der Waals surface area (Å²) in [6.45, 7) is 1.27. The Balaban J connectivity index is 1.75. The number of nitrogens with one attached hydrogen (secondary N) is 2. The van der Waals surface area contributed by atoms with Crippen molar-refractivity contribution in [1.29, 1.82) is 0 Å². The largest absolute Gasteiger partial charge is 0.495 e. The zero-order valence-corrected chi connectivity index (χ0v) is 22.6. The Kier molecular flexibility index (Phi) is 8.40. The van der Waals surface area contributed by atoms with Crippen molar-refractivity contribution in [3.8, 4) is 5.75 Å². The molecule has 3 aromatic carbocycles. The molecule has 0 aliphatic carbocycles. The number of methoxy groups -OCH3 is 1. The maximum absolute atomic E-state index is 12.8. The summed E-state index contributed by atoms with van der Waals surface area (Å²) in [5, 5.41) is 2.97. The normalized spacial score (nSPS) is 11.6. The highest BCUT2D eigenvalue weighted by Gasteiger charge is 2.22. The highest BCUT2D eigenvalue weighted by Crippen LogP contribution is 2.29. The fourth-order valence-electron chi connectivity index (χ4n) is 3.24. The lowest BCUT2D eigenvalue weighted by Gasteiger charge is -2.22. The number of halogens is 2. The second-order valence-corrected chi connectivity index (χ2v) is 12.2. The predicted molar refractivity (Wildman–Crippen MR) is 142 cm³/mol. The van der Waals surface area contributed by atoms with Crippen molar-refractivity contribution in [3.63, 3.8) is 0 Å². The molecule has 0 spiro atoms. The van der Waals surface area contributed by atoms with Gasteiger partial charge in [-0.25, -0.2) is 16.8 Å². The maximum atomic E-state index is 12.8. The van der Waals surface area contributed by atoms with Crippen LogP contribution < -0.4 is 19.1 Å². The molecule has 0 heterocycles. The number of amides is 1. The van der Waals surface area contributed by atoms with Gasteiger partial charge in [-0.2, -0.15) is 0 Å². The monoisotopic (exact) mass is 571 g/mol. The van der Waals surface area contributed by atoms with Crippen LogP contribution in [-0.4, -0.2) is 42.7 Å². The first-order valence-electron chi connectivity index (χ1n) is 10.3. The maximum Gasteiger partial charge on any atom is 0.262 e. The zero-order chi connectivity index (χ0) is 26.7. The van der Waals surface area contributed by atoms with Gasteiger partial charge in [-0.1, -0.05) is 29.3 Å². The van der Waals surface area contributed by atoms with Gasteiger partial charge in [0, 0.05) is 15.7 Å². The van der Waals surface area contributed by atoms with E-state index in [-0.39, 0.29) is 32.0 Å². The summed E-state index contributed by atoms with van der Waals surface area (Å²) in [5.74, 6) is -0.292. The van der Waals surface area contributed by atoms with Gasteiger partial charge in [0.2, 0.25) is 15.9 Å². The number of benzene rings is 3. The Bertz CT molecular complexity index is 1470. The van der Waals surface area contributed by atoms with Gasteiger partial charge in [0.1, 0.15) is 12.3 Å². The molecule has 0 fully saturated rings. The number of rotatable bonds is 9. The molecule has 0 bridgehead atoms. The lowest BCUT2D eigenvalue weighted by molar-refractivity contribution is -0.114. The molecule has 36 heavy (non-hydrogen) atoms. The molecule has 1 amide bonds. The Labute approximate surface area is 220 Å². The molecule has 0 saturated heterocycles. The van der Waals surface area contributed by atoms with E-state index >= 15 is 0 Å². The molecule has 2 N–H and O–H groups in total. The van der Waals surface area contributed by atoms with Crippen molar-refractivity contribution < 1.29 is 26.4 Å².